The zero-order chi connectivity index (χ0) is 23.1. The molecule has 1 aromatic carbocycles. The third-order valence-electron chi connectivity index (χ3n) is 5.97. The van der Waals surface area contributed by atoms with Crippen LogP contribution in [0.25, 0.3) is 0 Å². The number of piperazine rings is 1. The summed E-state index contributed by atoms with van der Waals surface area (Å²) in [5.41, 5.74) is 7.07. The monoisotopic (exact) mass is 462 g/mol. The van der Waals surface area contributed by atoms with Crippen LogP contribution in [0.4, 0.5) is 0 Å². The fraction of sp³-hybridized carbons (Fsp3) is 0.545. The van der Waals surface area contributed by atoms with Gasteiger partial charge in [0.1, 0.15) is 6.04 Å². The van der Waals surface area contributed by atoms with Gasteiger partial charge < -0.3 is 21.1 Å². The van der Waals surface area contributed by atoms with Gasteiger partial charge >= 0.3 is 5.97 Å². The number of rotatable bonds is 9. The Morgan fingerprint density at radius 3 is 2.44 bits per heavy atom. The predicted molar refractivity (Wildman–Crippen MR) is 120 cm³/mol. The lowest BCUT2D eigenvalue weighted by Gasteiger charge is -2.34. The topological polar surface area (TPSA) is 133 Å². The number of carboxylic acids is 1. The average Bonchev–Trinajstić information content (AvgIpc) is 2.78. The first-order valence-electron chi connectivity index (χ1n) is 10.8. The largest absolute Gasteiger partial charge is 0.475 e. The normalized spacial score (nSPS) is 22.9. The number of nitrogens with zero attached hydrogens (tertiary/aromatic N) is 2. The summed E-state index contributed by atoms with van der Waals surface area (Å²) < 4.78 is 1.98. The van der Waals surface area contributed by atoms with Crippen LogP contribution in [0.3, 0.4) is 0 Å². The molecule has 0 bridgehead atoms. The Balaban J connectivity index is 1.50. The number of carbonyl (C=O) groups is 4. The number of benzene rings is 1. The maximum Gasteiger partial charge on any atom is 0.374 e. The highest BCUT2D eigenvalue weighted by Crippen LogP contribution is 2.27. The van der Waals surface area contributed by atoms with E-state index in [1.54, 1.807) is 11.9 Å². The fourth-order valence-electron chi connectivity index (χ4n) is 4.11. The van der Waals surface area contributed by atoms with Crippen molar-refractivity contribution >= 4 is 35.5 Å². The lowest BCUT2D eigenvalue weighted by atomic mass is 9.80. The Morgan fingerprint density at radius 2 is 1.81 bits per heavy atom. The van der Waals surface area contributed by atoms with Gasteiger partial charge in [-0.25, -0.2) is 9.10 Å². The lowest BCUT2D eigenvalue weighted by molar-refractivity contribution is -0.151. The van der Waals surface area contributed by atoms with Crippen LogP contribution in [0.15, 0.2) is 30.3 Å². The maximum absolute atomic E-state index is 12.6. The zero-order valence-electron chi connectivity index (χ0n) is 17.9. The summed E-state index contributed by atoms with van der Waals surface area (Å²) in [6.45, 7) is 1.02. The molecule has 1 aromatic rings. The number of carbonyl (C=O) groups excluding carboxylic acids is 3. The Kier molecular flexibility index (Phi) is 8.66. The molecule has 1 saturated carbocycles. The van der Waals surface area contributed by atoms with Crippen molar-refractivity contribution in [2.45, 2.75) is 43.5 Å². The molecule has 2 aliphatic rings. The molecular formula is C22H30N4O5S. The highest BCUT2D eigenvalue weighted by atomic mass is 32.2. The summed E-state index contributed by atoms with van der Waals surface area (Å²) in [7, 11) is 0. The second-order valence-electron chi connectivity index (χ2n) is 8.33. The molecule has 2 fully saturated rings. The first-order valence-corrected chi connectivity index (χ1v) is 11.8. The van der Waals surface area contributed by atoms with Gasteiger partial charge in [0.2, 0.25) is 11.8 Å². The van der Waals surface area contributed by atoms with E-state index in [0.29, 0.717) is 38.8 Å². The van der Waals surface area contributed by atoms with E-state index in [0.717, 1.165) is 5.75 Å². The van der Waals surface area contributed by atoms with Crippen molar-refractivity contribution in [3.05, 3.63) is 35.9 Å². The number of nitrogens with two attached hydrogens (primary N) is 1. The molecule has 9 nitrogen and oxygen atoms in total. The Labute approximate surface area is 191 Å². The summed E-state index contributed by atoms with van der Waals surface area (Å²) in [4.78, 5) is 50.1. The van der Waals surface area contributed by atoms with Crippen LogP contribution in [-0.2, 0) is 24.9 Å². The molecule has 1 atom stereocenters. The molecule has 3 rings (SSSR count). The van der Waals surface area contributed by atoms with Crippen molar-refractivity contribution < 1.29 is 24.3 Å². The number of nitrogens with one attached hydrogen (secondary N) is 1. The van der Waals surface area contributed by atoms with Crippen LogP contribution < -0.4 is 11.1 Å². The minimum absolute atomic E-state index is 0.0382. The molecule has 0 spiro atoms. The van der Waals surface area contributed by atoms with Crippen molar-refractivity contribution in [1.29, 1.82) is 0 Å². The molecule has 1 saturated heterocycles. The predicted octanol–water partition coefficient (Wildman–Crippen LogP) is 0.635. The van der Waals surface area contributed by atoms with Crippen LogP contribution in [0.5, 0.6) is 0 Å². The van der Waals surface area contributed by atoms with Crippen molar-refractivity contribution in [3.63, 3.8) is 0 Å². The molecule has 1 aliphatic carbocycles. The van der Waals surface area contributed by atoms with Gasteiger partial charge in [-0.1, -0.05) is 42.3 Å². The van der Waals surface area contributed by atoms with Gasteiger partial charge in [0.05, 0.1) is 13.1 Å². The summed E-state index contributed by atoms with van der Waals surface area (Å²) in [5, 5.41) is 11.8. The van der Waals surface area contributed by atoms with Gasteiger partial charge in [-0.15, -0.1) is 0 Å². The van der Waals surface area contributed by atoms with Crippen LogP contribution in [-0.4, -0.2) is 76.1 Å². The smallest absolute Gasteiger partial charge is 0.374 e. The van der Waals surface area contributed by atoms with E-state index in [1.807, 2.05) is 34.6 Å². The Hall–Kier alpha value is -2.43. The first kappa shape index (κ1) is 24.2. The number of aliphatic carboxylic acids is 1. The van der Waals surface area contributed by atoms with E-state index in [2.05, 4.69) is 5.32 Å². The highest BCUT2D eigenvalue weighted by molar-refractivity contribution is 7.96. The number of Topliss-reactive ketones (excluding diaryl/α,β-unsaturated/α-hetero) is 1. The van der Waals surface area contributed by atoms with E-state index in [-0.39, 0.29) is 31.0 Å². The first-order chi connectivity index (χ1) is 15.3. The molecule has 4 N–H and O–H groups in total. The third-order valence-corrected chi connectivity index (χ3v) is 7.11. The molecule has 10 heteroatoms. The van der Waals surface area contributed by atoms with Gasteiger partial charge in [0.25, 0.3) is 5.78 Å². The lowest BCUT2D eigenvalue weighted by Crippen LogP contribution is -2.55. The van der Waals surface area contributed by atoms with Crippen molar-refractivity contribution in [2.24, 2.45) is 11.7 Å². The molecule has 1 heterocycles. The van der Waals surface area contributed by atoms with Gasteiger partial charge in [0, 0.05) is 24.9 Å². The molecule has 1 aliphatic heterocycles. The van der Waals surface area contributed by atoms with E-state index < -0.39 is 23.7 Å². The molecule has 174 valence electrons. The Bertz CT molecular complexity index is 829. The number of hydrogen-bond donors (Lipinski definition) is 3. The van der Waals surface area contributed by atoms with E-state index in [9.17, 15) is 24.3 Å². The quantitative estimate of drug-likeness (QED) is 0.360. The van der Waals surface area contributed by atoms with Gasteiger partial charge in [0.15, 0.2) is 0 Å². The molecular weight excluding hydrogens is 432 g/mol. The molecule has 32 heavy (non-hydrogen) atoms. The van der Waals surface area contributed by atoms with E-state index in [4.69, 9.17) is 5.73 Å². The van der Waals surface area contributed by atoms with Crippen molar-refractivity contribution in [3.8, 4) is 0 Å². The molecule has 1 unspecified atom stereocenters. The molecule has 0 aromatic heterocycles. The maximum atomic E-state index is 12.6. The molecule has 2 amide bonds. The van der Waals surface area contributed by atoms with Crippen LogP contribution in [0.2, 0.25) is 0 Å². The van der Waals surface area contributed by atoms with E-state index in [1.165, 1.54) is 10.5 Å². The number of amides is 2. The number of carboxylic acid groups (broad SMARTS) is 1. The van der Waals surface area contributed by atoms with E-state index >= 15 is 0 Å². The van der Waals surface area contributed by atoms with Gasteiger partial charge in [-0.3, -0.25) is 14.4 Å². The summed E-state index contributed by atoms with van der Waals surface area (Å²) in [6.07, 6.45) is 2.54. The summed E-state index contributed by atoms with van der Waals surface area (Å²) in [6, 6.07) is 8.92. The van der Waals surface area contributed by atoms with Crippen LogP contribution in [0.1, 0.15) is 31.2 Å². The minimum Gasteiger partial charge on any atom is -0.475 e. The fourth-order valence-corrected chi connectivity index (χ4v) is 5.04. The van der Waals surface area contributed by atoms with Gasteiger partial charge in [-0.2, -0.15) is 0 Å². The second kappa shape index (κ2) is 11.4. The van der Waals surface area contributed by atoms with Crippen LogP contribution in [0, 0.1) is 5.92 Å². The van der Waals surface area contributed by atoms with Crippen molar-refractivity contribution in [2.75, 3.05) is 26.2 Å². The SMILES string of the molecule is NC1CCC(C(NC(=O)CN2CCN(SCc3ccccc3)CC2=O)C(=O)C(=O)O)CC1. The third kappa shape index (κ3) is 6.78. The highest BCUT2D eigenvalue weighted by Gasteiger charge is 2.36. The molecule has 0 radical (unpaired) electrons. The second-order valence-corrected chi connectivity index (χ2v) is 9.39. The van der Waals surface area contributed by atoms with Crippen molar-refractivity contribution in [1.82, 2.24) is 14.5 Å². The summed E-state index contributed by atoms with van der Waals surface area (Å²) in [5.74, 6) is -2.77. The Morgan fingerprint density at radius 1 is 1.12 bits per heavy atom. The zero-order valence-corrected chi connectivity index (χ0v) is 18.8. The summed E-state index contributed by atoms with van der Waals surface area (Å²) >= 11 is 1.58. The van der Waals surface area contributed by atoms with Gasteiger partial charge in [-0.05, 0) is 37.2 Å². The average molecular weight is 463 g/mol. The standard InChI is InChI=1S/C22H30N4O5S/c23-17-8-6-16(7-9-17)20(21(29)22(30)31)24-18(27)12-25-10-11-26(13-19(25)28)32-14-15-4-2-1-3-5-15/h1-5,16-17,20H,6-14,23H2,(H,24,27)(H,30,31). The van der Waals surface area contributed by atoms with Crippen LogP contribution >= 0.6 is 11.9 Å². The number of ketones is 1. The minimum atomic E-state index is -1.56. The number of hydrogen-bond acceptors (Lipinski definition) is 7.